The van der Waals surface area contributed by atoms with Crippen molar-refractivity contribution in [3.8, 4) is 0 Å². The number of carbonyl (C=O) groups is 1. The van der Waals surface area contributed by atoms with Crippen molar-refractivity contribution in [3.63, 3.8) is 0 Å². The van der Waals surface area contributed by atoms with E-state index in [0.717, 1.165) is 19.4 Å². The molecule has 0 aromatic heterocycles. The van der Waals surface area contributed by atoms with Crippen LogP contribution in [0, 0.1) is 5.92 Å². The zero-order chi connectivity index (χ0) is 11.8. The molecule has 0 aliphatic carbocycles. The molecule has 0 heterocycles. The molecule has 90 valence electrons. The minimum atomic E-state index is 0.134. The fourth-order valence-electron chi connectivity index (χ4n) is 1.39. The molecule has 2 N–H and O–H groups in total. The van der Waals surface area contributed by atoms with Gasteiger partial charge in [-0.15, -0.1) is 0 Å². The van der Waals surface area contributed by atoms with Gasteiger partial charge in [-0.2, -0.15) is 0 Å². The first-order valence-corrected chi connectivity index (χ1v) is 5.99. The number of hydrogen-bond acceptors (Lipinski definition) is 3. The van der Waals surface area contributed by atoms with Crippen LogP contribution in [0.1, 0.15) is 40.5 Å². The van der Waals surface area contributed by atoms with Gasteiger partial charge >= 0.3 is 0 Å². The first-order valence-electron chi connectivity index (χ1n) is 5.99. The number of hydrogen-bond donors (Lipinski definition) is 1. The van der Waals surface area contributed by atoms with Gasteiger partial charge in [0, 0.05) is 18.5 Å². The molecule has 0 amide bonds. The molecular weight excluding hydrogens is 188 g/mol. The van der Waals surface area contributed by atoms with E-state index < -0.39 is 0 Å². The third kappa shape index (κ3) is 5.90. The highest BCUT2D eigenvalue weighted by Crippen LogP contribution is 2.06. The summed E-state index contributed by atoms with van der Waals surface area (Å²) in [6.07, 6.45) is 2.05. The topological polar surface area (TPSA) is 46.3 Å². The second kappa shape index (κ2) is 7.83. The van der Waals surface area contributed by atoms with Crippen LogP contribution in [0.4, 0.5) is 0 Å². The molecule has 0 rings (SSSR count). The van der Waals surface area contributed by atoms with E-state index in [1.165, 1.54) is 0 Å². The third-order valence-corrected chi connectivity index (χ3v) is 2.87. The SMILES string of the molecule is CCC(C)N(CCCN)CC(=O)C(C)C. The van der Waals surface area contributed by atoms with Gasteiger partial charge in [0.1, 0.15) is 5.78 Å². The maximum atomic E-state index is 11.7. The van der Waals surface area contributed by atoms with Gasteiger partial charge in [0.05, 0.1) is 6.54 Å². The van der Waals surface area contributed by atoms with Gasteiger partial charge in [-0.1, -0.05) is 20.8 Å². The lowest BCUT2D eigenvalue weighted by molar-refractivity contribution is -0.123. The molecule has 3 nitrogen and oxygen atoms in total. The highest BCUT2D eigenvalue weighted by atomic mass is 16.1. The predicted octanol–water partition coefficient (Wildman–Crippen LogP) is 1.66. The van der Waals surface area contributed by atoms with E-state index in [2.05, 4.69) is 18.7 Å². The molecule has 0 radical (unpaired) electrons. The van der Waals surface area contributed by atoms with Gasteiger partial charge < -0.3 is 5.73 Å². The summed E-state index contributed by atoms with van der Waals surface area (Å²) in [5, 5.41) is 0. The average molecular weight is 214 g/mol. The molecule has 0 aliphatic rings. The van der Waals surface area contributed by atoms with Crippen LogP contribution in [0.3, 0.4) is 0 Å². The fourth-order valence-corrected chi connectivity index (χ4v) is 1.39. The molecule has 0 aromatic carbocycles. The van der Waals surface area contributed by atoms with Crippen LogP contribution in [0.5, 0.6) is 0 Å². The van der Waals surface area contributed by atoms with Gasteiger partial charge in [0.15, 0.2) is 0 Å². The average Bonchev–Trinajstić information content (AvgIpc) is 2.22. The van der Waals surface area contributed by atoms with Crippen molar-refractivity contribution in [2.75, 3.05) is 19.6 Å². The second-order valence-electron chi connectivity index (χ2n) is 4.49. The van der Waals surface area contributed by atoms with Gasteiger partial charge in [-0.05, 0) is 26.3 Å². The summed E-state index contributed by atoms with van der Waals surface area (Å²) in [6, 6.07) is 0.472. The van der Waals surface area contributed by atoms with Crippen LogP contribution in [0.15, 0.2) is 0 Å². The smallest absolute Gasteiger partial charge is 0.149 e. The Morgan fingerprint density at radius 2 is 1.93 bits per heavy atom. The van der Waals surface area contributed by atoms with Gasteiger partial charge in [0.25, 0.3) is 0 Å². The van der Waals surface area contributed by atoms with Gasteiger partial charge in [0.2, 0.25) is 0 Å². The molecule has 3 heteroatoms. The summed E-state index contributed by atoms with van der Waals surface area (Å²) in [6.45, 7) is 10.4. The lowest BCUT2D eigenvalue weighted by atomic mass is 10.1. The molecule has 15 heavy (non-hydrogen) atoms. The lowest BCUT2D eigenvalue weighted by Crippen LogP contribution is -2.39. The van der Waals surface area contributed by atoms with Crippen LogP contribution in [-0.4, -0.2) is 36.4 Å². The highest BCUT2D eigenvalue weighted by molar-refractivity contribution is 5.82. The van der Waals surface area contributed by atoms with Crippen LogP contribution < -0.4 is 5.73 Å². The number of Topliss-reactive ketones (excluding diaryl/α,β-unsaturated/α-hetero) is 1. The fraction of sp³-hybridized carbons (Fsp3) is 0.917. The molecule has 0 aromatic rings. The van der Waals surface area contributed by atoms with E-state index in [1.54, 1.807) is 0 Å². The highest BCUT2D eigenvalue weighted by Gasteiger charge is 2.17. The minimum Gasteiger partial charge on any atom is -0.330 e. The van der Waals surface area contributed by atoms with Crippen LogP contribution in [0.25, 0.3) is 0 Å². The monoisotopic (exact) mass is 214 g/mol. The van der Waals surface area contributed by atoms with E-state index >= 15 is 0 Å². The summed E-state index contributed by atoms with van der Waals surface area (Å²) >= 11 is 0. The Bertz CT molecular complexity index is 180. The zero-order valence-electron chi connectivity index (χ0n) is 10.6. The molecule has 1 atom stereocenters. The molecule has 0 aliphatic heterocycles. The maximum absolute atomic E-state index is 11.7. The van der Waals surface area contributed by atoms with Crippen molar-refractivity contribution in [1.82, 2.24) is 4.90 Å². The maximum Gasteiger partial charge on any atom is 0.149 e. The van der Waals surface area contributed by atoms with Crippen molar-refractivity contribution in [1.29, 1.82) is 0 Å². The Hall–Kier alpha value is -0.410. The van der Waals surface area contributed by atoms with Crippen LogP contribution in [0.2, 0.25) is 0 Å². The van der Waals surface area contributed by atoms with E-state index in [0.29, 0.717) is 24.9 Å². The predicted molar refractivity (Wildman–Crippen MR) is 64.8 cm³/mol. The number of nitrogens with zero attached hydrogens (tertiary/aromatic N) is 1. The summed E-state index contributed by atoms with van der Waals surface area (Å²) in [4.78, 5) is 13.9. The first-order chi connectivity index (χ1) is 7.02. The van der Waals surface area contributed by atoms with E-state index in [1.807, 2.05) is 13.8 Å². The Kier molecular flexibility index (Phi) is 7.61. The standard InChI is InChI=1S/C12H26N2O/c1-5-11(4)14(8-6-7-13)9-12(15)10(2)3/h10-11H,5-9,13H2,1-4H3. The molecule has 0 spiro atoms. The second-order valence-corrected chi connectivity index (χ2v) is 4.49. The van der Waals surface area contributed by atoms with E-state index in [4.69, 9.17) is 5.73 Å². The van der Waals surface area contributed by atoms with Crippen molar-refractivity contribution >= 4 is 5.78 Å². The van der Waals surface area contributed by atoms with Gasteiger partial charge in [-0.25, -0.2) is 0 Å². The van der Waals surface area contributed by atoms with Crippen LogP contribution >= 0.6 is 0 Å². The Morgan fingerprint density at radius 3 is 2.33 bits per heavy atom. The summed E-state index contributed by atoms with van der Waals surface area (Å²) in [5.74, 6) is 0.460. The summed E-state index contributed by atoms with van der Waals surface area (Å²) in [7, 11) is 0. The third-order valence-electron chi connectivity index (χ3n) is 2.87. The summed E-state index contributed by atoms with van der Waals surface area (Å²) < 4.78 is 0. The molecular formula is C12H26N2O. The number of nitrogens with two attached hydrogens (primary N) is 1. The number of carbonyl (C=O) groups excluding carboxylic acids is 1. The van der Waals surface area contributed by atoms with Crippen molar-refractivity contribution in [2.45, 2.75) is 46.6 Å². The van der Waals surface area contributed by atoms with Crippen molar-refractivity contribution in [2.24, 2.45) is 11.7 Å². The number of ketones is 1. The van der Waals surface area contributed by atoms with Gasteiger partial charge in [-0.3, -0.25) is 9.69 Å². The van der Waals surface area contributed by atoms with Crippen molar-refractivity contribution < 1.29 is 4.79 Å². The van der Waals surface area contributed by atoms with Crippen molar-refractivity contribution in [3.05, 3.63) is 0 Å². The first kappa shape index (κ1) is 14.6. The Morgan fingerprint density at radius 1 is 1.33 bits per heavy atom. The minimum absolute atomic E-state index is 0.134. The molecule has 0 bridgehead atoms. The largest absolute Gasteiger partial charge is 0.330 e. The van der Waals surface area contributed by atoms with Crippen LogP contribution in [-0.2, 0) is 4.79 Å². The molecule has 0 saturated heterocycles. The molecule has 0 saturated carbocycles. The Labute approximate surface area is 94.0 Å². The Balaban J connectivity index is 4.17. The number of rotatable bonds is 8. The lowest BCUT2D eigenvalue weighted by Gasteiger charge is -2.28. The normalized spacial score (nSPS) is 13.5. The van der Waals surface area contributed by atoms with E-state index in [9.17, 15) is 4.79 Å². The molecule has 0 fully saturated rings. The quantitative estimate of drug-likeness (QED) is 0.668. The zero-order valence-corrected chi connectivity index (χ0v) is 10.6. The summed E-state index contributed by atoms with van der Waals surface area (Å²) in [5.41, 5.74) is 5.50. The molecule has 1 unspecified atom stereocenters. The van der Waals surface area contributed by atoms with E-state index in [-0.39, 0.29) is 5.92 Å².